The summed E-state index contributed by atoms with van der Waals surface area (Å²) in [4.78, 5) is 12.0. The van der Waals surface area contributed by atoms with E-state index in [1.165, 1.54) is 6.07 Å². The van der Waals surface area contributed by atoms with Crippen LogP contribution in [0.1, 0.15) is 24.8 Å². The van der Waals surface area contributed by atoms with E-state index in [0.29, 0.717) is 10.2 Å². The molecule has 0 saturated carbocycles. The molecule has 1 aliphatic heterocycles. The number of rotatable bonds is 2. The summed E-state index contributed by atoms with van der Waals surface area (Å²) in [6.45, 7) is 2.71. The van der Waals surface area contributed by atoms with E-state index in [1.807, 2.05) is 6.92 Å². The van der Waals surface area contributed by atoms with Gasteiger partial charge >= 0.3 is 0 Å². The third kappa shape index (κ3) is 3.09. The second-order valence-electron chi connectivity index (χ2n) is 4.57. The van der Waals surface area contributed by atoms with Gasteiger partial charge in [-0.05, 0) is 59.9 Å². The Balaban J connectivity index is 2.08. The number of aryl methyl sites for hydroxylation is 1. The number of carbonyl (C=O) groups is 1. The molecule has 1 amide bonds. The van der Waals surface area contributed by atoms with Crippen LogP contribution in [0.15, 0.2) is 16.6 Å². The third-order valence-electron chi connectivity index (χ3n) is 3.15. The van der Waals surface area contributed by atoms with Crippen molar-refractivity contribution in [2.45, 2.75) is 32.2 Å². The number of amides is 1. The summed E-state index contributed by atoms with van der Waals surface area (Å²) in [6, 6.07) is 2.85. The van der Waals surface area contributed by atoms with Crippen molar-refractivity contribution in [2.75, 3.05) is 11.9 Å². The molecule has 2 rings (SSSR count). The van der Waals surface area contributed by atoms with Crippen LogP contribution in [0.4, 0.5) is 10.1 Å². The van der Waals surface area contributed by atoms with Crippen LogP contribution in [0.25, 0.3) is 0 Å². The van der Waals surface area contributed by atoms with E-state index < -0.39 is 0 Å². The monoisotopic (exact) mass is 314 g/mol. The summed E-state index contributed by atoms with van der Waals surface area (Å²) in [5.74, 6) is -0.452. The minimum atomic E-state index is -0.368. The molecule has 2 N–H and O–H groups in total. The van der Waals surface area contributed by atoms with E-state index in [9.17, 15) is 9.18 Å². The Morgan fingerprint density at radius 3 is 2.94 bits per heavy atom. The molecule has 18 heavy (non-hydrogen) atoms. The number of hydrogen-bond acceptors (Lipinski definition) is 2. The highest BCUT2D eigenvalue weighted by Crippen LogP contribution is 2.24. The van der Waals surface area contributed by atoms with Gasteiger partial charge in [0, 0.05) is 5.69 Å². The van der Waals surface area contributed by atoms with Gasteiger partial charge in [0.25, 0.3) is 0 Å². The Kier molecular flexibility index (Phi) is 4.35. The van der Waals surface area contributed by atoms with Gasteiger partial charge in [-0.2, -0.15) is 0 Å². The van der Waals surface area contributed by atoms with Crippen LogP contribution >= 0.6 is 15.9 Å². The highest BCUT2D eigenvalue weighted by atomic mass is 79.9. The maximum absolute atomic E-state index is 13.4. The number of carbonyl (C=O) groups excluding carboxylic acids is 1. The lowest BCUT2D eigenvalue weighted by Crippen LogP contribution is -2.43. The smallest absolute Gasteiger partial charge is 0.241 e. The second kappa shape index (κ2) is 5.80. The maximum atomic E-state index is 13.4. The summed E-state index contributed by atoms with van der Waals surface area (Å²) in [5.41, 5.74) is 1.38. The summed E-state index contributed by atoms with van der Waals surface area (Å²) >= 11 is 3.12. The molecule has 1 aromatic rings. The Morgan fingerprint density at radius 2 is 2.28 bits per heavy atom. The van der Waals surface area contributed by atoms with Crippen LogP contribution in [-0.2, 0) is 4.79 Å². The first-order chi connectivity index (χ1) is 8.58. The molecule has 5 heteroatoms. The molecule has 1 atom stereocenters. The van der Waals surface area contributed by atoms with Crippen molar-refractivity contribution in [2.24, 2.45) is 0 Å². The SMILES string of the molecule is Cc1cc(Br)c(F)cc1NC(=O)C1CCCCN1. The van der Waals surface area contributed by atoms with E-state index in [0.717, 1.165) is 31.4 Å². The van der Waals surface area contributed by atoms with Crippen LogP contribution in [0.2, 0.25) is 0 Å². The Labute approximate surface area is 114 Å². The van der Waals surface area contributed by atoms with Crippen LogP contribution in [0.3, 0.4) is 0 Å². The number of halogens is 2. The van der Waals surface area contributed by atoms with Crippen LogP contribution < -0.4 is 10.6 Å². The fraction of sp³-hybridized carbons (Fsp3) is 0.462. The fourth-order valence-corrected chi connectivity index (χ4v) is 2.53. The molecule has 0 spiro atoms. The highest BCUT2D eigenvalue weighted by molar-refractivity contribution is 9.10. The maximum Gasteiger partial charge on any atom is 0.241 e. The summed E-state index contributed by atoms with van der Waals surface area (Å²) in [6.07, 6.45) is 3.00. The van der Waals surface area contributed by atoms with Crippen molar-refractivity contribution in [3.8, 4) is 0 Å². The van der Waals surface area contributed by atoms with Gasteiger partial charge < -0.3 is 10.6 Å². The molecule has 1 fully saturated rings. The van der Waals surface area contributed by atoms with Crippen molar-refractivity contribution >= 4 is 27.5 Å². The molecular formula is C13H16BrFN2O. The summed E-state index contributed by atoms with van der Waals surface area (Å²) < 4.78 is 13.8. The van der Waals surface area contributed by atoms with Crippen LogP contribution in [0.5, 0.6) is 0 Å². The Hall–Kier alpha value is -0.940. The predicted octanol–water partition coefficient (Wildman–Crippen LogP) is 2.98. The second-order valence-corrected chi connectivity index (χ2v) is 5.43. The van der Waals surface area contributed by atoms with Gasteiger partial charge in [0.2, 0.25) is 5.91 Å². The van der Waals surface area contributed by atoms with E-state index in [2.05, 4.69) is 26.6 Å². The zero-order valence-corrected chi connectivity index (χ0v) is 11.8. The molecule has 0 aromatic heterocycles. The van der Waals surface area contributed by atoms with Gasteiger partial charge in [-0.15, -0.1) is 0 Å². The Bertz CT molecular complexity index is 459. The quantitative estimate of drug-likeness (QED) is 0.881. The Morgan fingerprint density at radius 1 is 1.50 bits per heavy atom. The van der Waals surface area contributed by atoms with Crippen molar-refractivity contribution in [3.05, 3.63) is 28.0 Å². The highest BCUT2D eigenvalue weighted by Gasteiger charge is 2.21. The summed E-state index contributed by atoms with van der Waals surface area (Å²) in [7, 11) is 0. The molecule has 3 nitrogen and oxygen atoms in total. The molecule has 0 radical (unpaired) electrons. The number of anilines is 1. The zero-order valence-electron chi connectivity index (χ0n) is 10.2. The standard InChI is InChI=1S/C13H16BrFN2O/c1-8-6-9(14)10(15)7-12(8)17-13(18)11-4-2-3-5-16-11/h6-7,11,16H,2-5H2,1H3,(H,17,18). The molecule has 0 bridgehead atoms. The van der Waals surface area contributed by atoms with Crippen molar-refractivity contribution < 1.29 is 9.18 Å². The first-order valence-electron chi connectivity index (χ1n) is 6.08. The van der Waals surface area contributed by atoms with Crippen molar-refractivity contribution in [1.29, 1.82) is 0 Å². The fourth-order valence-electron chi connectivity index (χ4n) is 2.08. The van der Waals surface area contributed by atoms with E-state index in [4.69, 9.17) is 0 Å². The zero-order chi connectivity index (χ0) is 13.1. The van der Waals surface area contributed by atoms with E-state index in [-0.39, 0.29) is 17.8 Å². The van der Waals surface area contributed by atoms with Gasteiger partial charge in [-0.25, -0.2) is 4.39 Å². The molecule has 1 saturated heterocycles. The number of hydrogen-bond donors (Lipinski definition) is 2. The lowest BCUT2D eigenvalue weighted by Gasteiger charge is -2.23. The van der Waals surface area contributed by atoms with Crippen molar-refractivity contribution in [3.63, 3.8) is 0 Å². The van der Waals surface area contributed by atoms with Gasteiger partial charge in [0.15, 0.2) is 0 Å². The predicted molar refractivity (Wildman–Crippen MR) is 73.1 cm³/mol. The minimum Gasteiger partial charge on any atom is -0.324 e. The van der Waals surface area contributed by atoms with Gasteiger partial charge in [-0.3, -0.25) is 4.79 Å². The van der Waals surface area contributed by atoms with Gasteiger partial charge in [0.1, 0.15) is 5.82 Å². The molecule has 1 aromatic carbocycles. The molecule has 98 valence electrons. The molecule has 1 unspecified atom stereocenters. The minimum absolute atomic E-state index is 0.0838. The molecule has 1 aliphatic rings. The van der Waals surface area contributed by atoms with E-state index in [1.54, 1.807) is 6.07 Å². The average molecular weight is 315 g/mol. The number of benzene rings is 1. The van der Waals surface area contributed by atoms with E-state index >= 15 is 0 Å². The average Bonchev–Trinajstić information content (AvgIpc) is 2.37. The van der Waals surface area contributed by atoms with Crippen LogP contribution in [-0.4, -0.2) is 18.5 Å². The van der Waals surface area contributed by atoms with Gasteiger partial charge in [-0.1, -0.05) is 6.42 Å². The first-order valence-corrected chi connectivity index (χ1v) is 6.87. The number of nitrogens with one attached hydrogen (secondary N) is 2. The first kappa shape index (κ1) is 13.5. The molecule has 0 aliphatic carbocycles. The molecule has 1 heterocycles. The van der Waals surface area contributed by atoms with Gasteiger partial charge in [0.05, 0.1) is 10.5 Å². The topological polar surface area (TPSA) is 41.1 Å². The van der Waals surface area contributed by atoms with Crippen LogP contribution in [0, 0.1) is 12.7 Å². The lowest BCUT2D eigenvalue weighted by molar-refractivity contribution is -0.118. The molecular weight excluding hydrogens is 299 g/mol. The third-order valence-corrected chi connectivity index (χ3v) is 3.76. The van der Waals surface area contributed by atoms with Crippen molar-refractivity contribution in [1.82, 2.24) is 5.32 Å². The summed E-state index contributed by atoms with van der Waals surface area (Å²) in [5, 5.41) is 5.96. The normalized spacial score (nSPS) is 19.6. The largest absolute Gasteiger partial charge is 0.324 e. The lowest BCUT2D eigenvalue weighted by atomic mass is 10.0. The number of piperidine rings is 1.